The van der Waals surface area contributed by atoms with Crippen molar-refractivity contribution in [1.29, 1.82) is 5.26 Å². The van der Waals surface area contributed by atoms with Gasteiger partial charge in [0.25, 0.3) is 10.2 Å². The normalized spacial score (nSPS) is 24.7. The Balaban J connectivity index is 1.51. The first-order valence-corrected chi connectivity index (χ1v) is 11.1. The monoisotopic (exact) mass is 421 g/mol. The Bertz CT molecular complexity index is 867. The van der Waals surface area contributed by atoms with E-state index in [0.29, 0.717) is 50.5 Å². The van der Waals surface area contributed by atoms with Crippen LogP contribution in [0.25, 0.3) is 0 Å². The molecule has 0 saturated carbocycles. The molecule has 2 aliphatic rings. The van der Waals surface area contributed by atoms with Crippen LogP contribution in [0.5, 0.6) is 0 Å². The predicted octanol–water partition coefficient (Wildman–Crippen LogP) is 0.468. The number of amides is 1. The van der Waals surface area contributed by atoms with Gasteiger partial charge in [-0.2, -0.15) is 22.3 Å². The van der Waals surface area contributed by atoms with Gasteiger partial charge in [0.2, 0.25) is 5.91 Å². The van der Waals surface area contributed by atoms with Crippen molar-refractivity contribution in [3.05, 3.63) is 29.8 Å². The van der Waals surface area contributed by atoms with Gasteiger partial charge in [0.15, 0.2) is 0 Å². The minimum Gasteiger partial charge on any atom is -0.373 e. The quantitative estimate of drug-likeness (QED) is 0.741. The fourth-order valence-corrected chi connectivity index (χ4v) is 5.42. The number of carbonyl (C=O) groups is 1. The van der Waals surface area contributed by atoms with Gasteiger partial charge in [-0.15, -0.1) is 0 Å². The van der Waals surface area contributed by atoms with Gasteiger partial charge in [-0.25, -0.2) is 0 Å². The molecule has 2 aliphatic heterocycles. The highest BCUT2D eigenvalue weighted by Crippen LogP contribution is 2.19. The van der Waals surface area contributed by atoms with Gasteiger partial charge >= 0.3 is 0 Å². The third-order valence-corrected chi connectivity index (χ3v) is 6.98. The molecule has 1 amide bonds. The highest BCUT2D eigenvalue weighted by molar-refractivity contribution is 7.86. The lowest BCUT2D eigenvalue weighted by Crippen LogP contribution is -2.57. The van der Waals surface area contributed by atoms with E-state index in [0.717, 1.165) is 0 Å². The van der Waals surface area contributed by atoms with Crippen molar-refractivity contribution in [2.45, 2.75) is 26.1 Å². The Labute approximate surface area is 172 Å². The smallest absolute Gasteiger partial charge is 0.282 e. The Morgan fingerprint density at radius 1 is 1.17 bits per heavy atom. The molecule has 1 aromatic rings. The van der Waals surface area contributed by atoms with Crippen molar-refractivity contribution in [1.82, 2.24) is 13.5 Å². The summed E-state index contributed by atoms with van der Waals surface area (Å²) in [5, 5.41) is 11.7. The minimum absolute atomic E-state index is 0.127. The summed E-state index contributed by atoms with van der Waals surface area (Å²) in [5.41, 5.74) is 1.05. The molecule has 1 N–H and O–H groups in total. The molecule has 10 heteroatoms. The number of rotatable bonds is 5. The molecule has 2 fully saturated rings. The minimum atomic E-state index is -3.53. The fraction of sp³-hybridized carbons (Fsp3) is 0.579. The molecule has 2 saturated heterocycles. The summed E-state index contributed by atoms with van der Waals surface area (Å²) in [5.74, 6) is -0.188. The van der Waals surface area contributed by atoms with Crippen LogP contribution in [0.4, 0.5) is 5.69 Å². The van der Waals surface area contributed by atoms with Crippen LogP contribution in [-0.2, 0) is 19.7 Å². The van der Waals surface area contributed by atoms with Gasteiger partial charge in [0.1, 0.15) is 0 Å². The van der Waals surface area contributed by atoms with Crippen LogP contribution in [0.15, 0.2) is 24.3 Å². The Morgan fingerprint density at radius 2 is 1.83 bits per heavy atom. The van der Waals surface area contributed by atoms with E-state index < -0.39 is 10.2 Å². The first-order chi connectivity index (χ1) is 13.8. The number of morpholine rings is 1. The summed E-state index contributed by atoms with van der Waals surface area (Å²) in [4.78, 5) is 14.2. The molecule has 0 unspecified atom stereocenters. The maximum atomic E-state index is 12.9. The van der Waals surface area contributed by atoms with Crippen molar-refractivity contribution in [2.75, 3.05) is 51.1 Å². The Kier molecular flexibility index (Phi) is 6.87. The second kappa shape index (κ2) is 9.19. The van der Waals surface area contributed by atoms with E-state index in [9.17, 15) is 13.2 Å². The summed E-state index contributed by atoms with van der Waals surface area (Å²) < 4.78 is 34.5. The molecule has 0 aliphatic carbocycles. The van der Waals surface area contributed by atoms with E-state index in [1.807, 2.05) is 24.8 Å². The molecule has 0 aromatic heterocycles. The molecule has 2 heterocycles. The maximum Gasteiger partial charge on any atom is 0.282 e. The number of hydrogen-bond acceptors (Lipinski definition) is 6. The zero-order valence-corrected chi connectivity index (χ0v) is 17.6. The maximum absolute atomic E-state index is 12.9. The number of hydrogen-bond donors (Lipinski definition) is 1. The summed E-state index contributed by atoms with van der Waals surface area (Å²) in [7, 11) is -3.53. The number of piperazine rings is 1. The molecule has 0 radical (unpaired) electrons. The van der Waals surface area contributed by atoms with Crippen LogP contribution in [0.3, 0.4) is 0 Å². The molecule has 0 bridgehead atoms. The van der Waals surface area contributed by atoms with Gasteiger partial charge < -0.3 is 10.1 Å². The zero-order chi connectivity index (χ0) is 21.0. The number of nitrogens with one attached hydrogen (secondary N) is 1. The van der Waals surface area contributed by atoms with Gasteiger partial charge in [-0.1, -0.05) is 6.07 Å². The molecule has 9 nitrogen and oxygen atoms in total. The van der Waals surface area contributed by atoms with Crippen molar-refractivity contribution in [3.8, 4) is 6.07 Å². The van der Waals surface area contributed by atoms with E-state index in [4.69, 9.17) is 10.00 Å². The predicted molar refractivity (Wildman–Crippen MR) is 108 cm³/mol. The van der Waals surface area contributed by atoms with E-state index in [1.165, 1.54) is 8.61 Å². The summed E-state index contributed by atoms with van der Waals surface area (Å²) in [6, 6.07) is 8.77. The average Bonchev–Trinajstić information content (AvgIpc) is 2.67. The number of anilines is 1. The average molecular weight is 422 g/mol. The van der Waals surface area contributed by atoms with Crippen LogP contribution >= 0.6 is 0 Å². The van der Waals surface area contributed by atoms with Crippen LogP contribution in [-0.4, -0.2) is 85.9 Å². The highest BCUT2D eigenvalue weighted by Gasteiger charge is 2.36. The first kappa shape index (κ1) is 21.7. The summed E-state index contributed by atoms with van der Waals surface area (Å²) >= 11 is 0. The lowest BCUT2D eigenvalue weighted by molar-refractivity contribution is -0.117. The fourth-order valence-electron chi connectivity index (χ4n) is 3.67. The number of nitriles is 1. The van der Waals surface area contributed by atoms with Gasteiger partial charge in [0, 0.05) is 45.0 Å². The van der Waals surface area contributed by atoms with Crippen molar-refractivity contribution in [3.63, 3.8) is 0 Å². The van der Waals surface area contributed by atoms with Crippen LogP contribution < -0.4 is 5.32 Å². The van der Waals surface area contributed by atoms with E-state index >= 15 is 0 Å². The van der Waals surface area contributed by atoms with Crippen LogP contribution in [0.1, 0.15) is 19.4 Å². The van der Waals surface area contributed by atoms with Crippen LogP contribution in [0, 0.1) is 11.3 Å². The number of ether oxygens (including phenoxy) is 1. The molecule has 1 aromatic carbocycles. The van der Waals surface area contributed by atoms with Gasteiger partial charge in [-0.05, 0) is 32.0 Å². The second-order valence-electron chi connectivity index (χ2n) is 7.50. The van der Waals surface area contributed by atoms with Gasteiger partial charge in [0.05, 0.1) is 30.4 Å². The molecular formula is C19H27N5O4S. The topological polar surface area (TPSA) is 106 Å². The lowest BCUT2D eigenvalue weighted by Gasteiger charge is -2.40. The molecule has 2 atom stereocenters. The number of nitrogens with zero attached hydrogens (tertiary/aromatic N) is 4. The molecule has 29 heavy (non-hydrogen) atoms. The lowest BCUT2D eigenvalue weighted by atomic mass is 10.2. The van der Waals surface area contributed by atoms with E-state index in [-0.39, 0.29) is 24.7 Å². The highest BCUT2D eigenvalue weighted by atomic mass is 32.2. The Hall–Kier alpha value is -2.03. The largest absolute Gasteiger partial charge is 0.373 e. The van der Waals surface area contributed by atoms with Crippen molar-refractivity contribution >= 4 is 21.8 Å². The molecular weight excluding hydrogens is 394 g/mol. The summed E-state index contributed by atoms with van der Waals surface area (Å²) in [6.07, 6.45) is -0.254. The van der Waals surface area contributed by atoms with E-state index in [1.54, 1.807) is 24.3 Å². The third-order valence-electron chi connectivity index (χ3n) is 5.01. The molecule has 158 valence electrons. The van der Waals surface area contributed by atoms with E-state index in [2.05, 4.69) is 5.32 Å². The van der Waals surface area contributed by atoms with Crippen molar-refractivity contribution < 1.29 is 17.9 Å². The van der Waals surface area contributed by atoms with Gasteiger partial charge in [-0.3, -0.25) is 9.69 Å². The standard InChI is InChI=1S/C19H27N5O4S/c1-15-12-24(13-16(2)28-15)29(26,27)23-8-6-22(7-9-23)14-19(25)21-18-5-3-4-17(10-18)11-20/h3-5,10,15-16H,6-9,12-14H2,1-2H3,(H,21,25)/t15-,16-/m1/s1. The molecule has 3 rings (SSSR count). The zero-order valence-electron chi connectivity index (χ0n) is 16.7. The number of benzene rings is 1. The number of carbonyl (C=O) groups excluding carboxylic acids is 1. The summed E-state index contributed by atoms with van der Waals surface area (Å²) in [6.45, 7) is 6.31. The molecule has 0 spiro atoms. The van der Waals surface area contributed by atoms with Crippen molar-refractivity contribution in [2.24, 2.45) is 0 Å². The third kappa shape index (κ3) is 5.52. The Morgan fingerprint density at radius 3 is 2.45 bits per heavy atom. The first-order valence-electron chi connectivity index (χ1n) is 9.71. The SMILES string of the molecule is C[C@@H]1CN(S(=O)(=O)N2CCN(CC(=O)Nc3cccc(C#N)c3)CC2)C[C@@H](C)O1. The van der Waals surface area contributed by atoms with Crippen LogP contribution in [0.2, 0.25) is 0 Å². The second-order valence-corrected chi connectivity index (χ2v) is 9.43.